The molecule has 0 unspecified atom stereocenters. The van der Waals surface area contributed by atoms with Crippen molar-refractivity contribution in [3.8, 4) is 0 Å². The van der Waals surface area contributed by atoms with E-state index in [1.807, 2.05) is 0 Å². The maximum atomic E-state index is 12.2. The summed E-state index contributed by atoms with van der Waals surface area (Å²) in [4.78, 5) is 14.1. The number of carbonyl (C=O) groups excluding carboxylic acids is 1. The minimum Gasteiger partial charge on any atom is -0.396 e. The van der Waals surface area contributed by atoms with Gasteiger partial charge in [-0.05, 0) is 11.6 Å². The minimum absolute atomic E-state index is 0.318. The lowest BCUT2D eigenvalue weighted by Gasteiger charge is -2.06. The molecule has 7 heteroatoms. The first-order valence-electron chi connectivity index (χ1n) is 3.37. The van der Waals surface area contributed by atoms with E-state index in [9.17, 15) is 13.6 Å². The van der Waals surface area contributed by atoms with Gasteiger partial charge in [-0.2, -0.15) is 0 Å². The molecule has 0 radical (unpaired) electrons. The molecule has 14 heavy (non-hydrogen) atoms. The van der Waals surface area contributed by atoms with Crippen molar-refractivity contribution in [3.63, 3.8) is 0 Å². The number of carbonyl (C=O) groups is 1. The smallest absolute Gasteiger partial charge is 0.273 e. The average molecular weight is 241 g/mol. The number of pyridine rings is 1. The molecule has 0 amide bonds. The van der Waals surface area contributed by atoms with Crippen LogP contribution in [0.1, 0.15) is 22.5 Å². The molecule has 0 aliphatic carbocycles. The van der Waals surface area contributed by atoms with E-state index in [0.29, 0.717) is 0 Å². The number of halogens is 4. The molecule has 1 rings (SSSR count). The molecular formula is C7H4Cl2F2N2O. The minimum atomic E-state index is -2.79. The topological polar surface area (TPSA) is 56.0 Å². The number of hydrogen-bond acceptors (Lipinski definition) is 3. The Labute approximate surface area is 87.8 Å². The highest BCUT2D eigenvalue weighted by Crippen LogP contribution is 2.32. The number of hydrogen-bond donors (Lipinski definition) is 1. The predicted octanol–water partition coefficient (Wildman–Crippen LogP) is 2.63. The predicted molar refractivity (Wildman–Crippen MR) is 48.8 cm³/mol. The van der Waals surface area contributed by atoms with Crippen molar-refractivity contribution in [2.24, 2.45) is 0 Å². The Kier molecular flexibility index (Phi) is 3.23. The number of nitrogens with zero attached hydrogens (tertiary/aromatic N) is 1. The van der Waals surface area contributed by atoms with Crippen molar-refractivity contribution in [1.29, 1.82) is 0 Å². The van der Waals surface area contributed by atoms with Gasteiger partial charge in [-0.3, -0.25) is 4.79 Å². The van der Waals surface area contributed by atoms with Gasteiger partial charge in [0.1, 0.15) is 5.69 Å². The Morgan fingerprint density at radius 2 is 2.14 bits per heavy atom. The Hall–Kier alpha value is -0.940. The molecule has 1 aromatic heterocycles. The van der Waals surface area contributed by atoms with Crippen molar-refractivity contribution >= 4 is 34.1 Å². The summed E-state index contributed by atoms with van der Waals surface area (Å²) in [5, 5.41) is -1.33. The van der Waals surface area contributed by atoms with Crippen molar-refractivity contribution in [3.05, 3.63) is 22.5 Å². The van der Waals surface area contributed by atoms with Crippen LogP contribution < -0.4 is 5.73 Å². The Morgan fingerprint density at radius 3 is 2.57 bits per heavy atom. The Balaban J connectivity index is 3.33. The van der Waals surface area contributed by atoms with Crippen LogP contribution in [0.2, 0.25) is 5.02 Å². The molecule has 0 aliphatic heterocycles. The summed E-state index contributed by atoms with van der Waals surface area (Å²) in [6, 6.07) is 0. The van der Waals surface area contributed by atoms with Gasteiger partial charge in [0.25, 0.3) is 11.7 Å². The van der Waals surface area contributed by atoms with E-state index in [0.717, 1.165) is 6.20 Å². The molecule has 2 N–H and O–H groups in total. The van der Waals surface area contributed by atoms with Gasteiger partial charge < -0.3 is 5.73 Å². The molecule has 0 atom stereocenters. The monoisotopic (exact) mass is 240 g/mol. The summed E-state index contributed by atoms with van der Waals surface area (Å²) in [5.41, 5.74) is 4.12. The first-order chi connectivity index (χ1) is 6.45. The number of rotatable bonds is 2. The van der Waals surface area contributed by atoms with Crippen molar-refractivity contribution < 1.29 is 13.6 Å². The number of anilines is 1. The van der Waals surface area contributed by atoms with Gasteiger partial charge in [0.2, 0.25) is 0 Å². The van der Waals surface area contributed by atoms with Gasteiger partial charge in [-0.15, -0.1) is 0 Å². The van der Waals surface area contributed by atoms with Crippen LogP contribution in [0.3, 0.4) is 0 Å². The third kappa shape index (κ3) is 1.93. The van der Waals surface area contributed by atoms with Crippen molar-refractivity contribution in [2.75, 3.05) is 5.73 Å². The summed E-state index contributed by atoms with van der Waals surface area (Å²) < 4.78 is 24.5. The third-order valence-electron chi connectivity index (χ3n) is 1.50. The molecule has 0 saturated carbocycles. The molecule has 3 nitrogen and oxygen atoms in total. The zero-order valence-corrected chi connectivity index (χ0v) is 8.11. The van der Waals surface area contributed by atoms with Gasteiger partial charge in [-0.1, -0.05) is 11.6 Å². The summed E-state index contributed by atoms with van der Waals surface area (Å²) in [6.07, 6.45) is -2.02. The second-order valence-corrected chi connectivity index (χ2v) is 3.09. The first-order valence-corrected chi connectivity index (χ1v) is 4.12. The zero-order chi connectivity index (χ0) is 10.9. The highest BCUT2D eigenvalue weighted by atomic mass is 35.5. The highest BCUT2D eigenvalue weighted by Gasteiger charge is 2.19. The van der Waals surface area contributed by atoms with Gasteiger partial charge >= 0.3 is 0 Å². The molecule has 0 bridgehead atoms. The van der Waals surface area contributed by atoms with Gasteiger partial charge in [-0.25, -0.2) is 13.8 Å². The summed E-state index contributed by atoms with van der Waals surface area (Å²) in [5.74, 6) is 0. The second-order valence-electron chi connectivity index (χ2n) is 2.36. The van der Waals surface area contributed by atoms with E-state index >= 15 is 0 Å². The van der Waals surface area contributed by atoms with E-state index in [1.54, 1.807) is 0 Å². The Morgan fingerprint density at radius 1 is 1.57 bits per heavy atom. The van der Waals surface area contributed by atoms with E-state index < -0.39 is 17.2 Å². The fourth-order valence-electron chi connectivity index (χ4n) is 0.829. The molecule has 0 saturated heterocycles. The first kappa shape index (κ1) is 11.1. The summed E-state index contributed by atoms with van der Waals surface area (Å²) >= 11 is 10.6. The molecule has 0 aromatic carbocycles. The number of nitrogen functional groups attached to an aromatic ring is 1. The Bertz CT molecular complexity index is 384. The quantitative estimate of drug-likeness (QED) is 0.809. The third-order valence-corrected chi connectivity index (χ3v) is 2.10. The van der Waals surface area contributed by atoms with Crippen LogP contribution in [-0.2, 0) is 0 Å². The van der Waals surface area contributed by atoms with Crippen molar-refractivity contribution in [2.45, 2.75) is 6.43 Å². The van der Waals surface area contributed by atoms with Gasteiger partial charge in [0.05, 0.1) is 16.3 Å². The van der Waals surface area contributed by atoms with Crippen LogP contribution in [0.4, 0.5) is 14.5 Å². The summed E-state index contributed by atoms with van der Waals surface area (Å²) in [7, 11) is 0. The number of nitrogens with two attached hydrogens (primary N) is 1. The van der Waals surface area contributed by atoms with Crippen LogP contribution in [0.15, 0.2) is 6.20 Å². The number of alkyl halides is 2. The largest absolute Gasteiger partial charge is 0.396 e. The van der Waals surface area contributed by atoms with Gasteiger partial charge in [0, 0.05) is 6.20 Å². The van der Waals surface area contributed by atoms with E-state index in [1.165, 1.54) is 0 Å². The fourth-order valence-corrected chi connectivity index (χ4v) is 1.20. The molecule has 0 fully saturated rings. The maximum absolute atomic E-state index is 12.2. The van der Waals surface area contributed by atoms with Crippen molar-refractivity contribution in [1.82, 2.24) is 4.98 Å². The zero-order valence-electron chi connectivity index (χ0n) is 6.60. The van der Waals surface area contributed by atoms with Crippen LogP contribution in [0.5, 0.6) is 0 Å². The second kappa shape index (κ2) is 4.06. The fraction of sp³-hybridized carbons (Fsp3) is 0.143. The number of aromatic nitrogens is 1. The summed E-state index contributed by atoms with van der Waals surface area (Å²) in [6.45, 7) is 0. The SMILES string of the molecule is Nc1c(C(=O)Cl)ncc(C(F)F)c1Cl. The molecular weight excluding hydrogens is 237 g/mol. The van der Waals surface area contributed by atoms with Gasteiger partial charge in [0.15, 0.2) is 0 Å². The van der Waals surface area contributed by atoms with Crippen LogP contribution in [0.25, 0.3) is 0 Å². The molecule has 1 aromatic rings. The van der Waals surface area contributed by atoms with Crippen LogP contribution >= 0.6 is 23.2 Å². The molecule has 0 aliphatic rings. The van der Waals surface area contributed by atoms with Crippen LogP contribution in [-0.4, -0.2) is 10.2 Å². The molecule has 76 valence electrons. The van der Waals surface area contributed by atoms with E-state index in [-0.39, 0.29) is 16.4 Å². The lowest BCUT2D eigenvalue weighted by atomic mass is 10.2. The molecule has 0 spiro atoms. The van der Waals surface area contributed by atoms with E-state index in [2.05, 4.69) is 4.98 Å². The van der Waals surface area contributed by atoms with Crippen LogP contribution in [0, 0.1) is 0 Å². The molecule has 1 heterocycles. The normalized spacial score (nSPS) is 10.6. The highest BCUT2D eigenvalue weighted by molar-refractivity contribution is 6.68. The van der Waals surface area contributed by atoms with E-state index in [4.69, 9.17) is 28.9 Å². The average Bonchev–Trinajstić information content (AvgIpc) is 2.08. The standard InChI is InChI=1S/C7H4Cl2F2N2O/c8-3-2(7(10)11)1-13-5(4(3)12)6(9)14/h1,7H,12H2. The lowest BCUT2D eigenvalue weighted by Crippen LogP contribution is -2.04. The maximum Gasteiger partial charge on any atom is 0.273 e. The lowest BCUT2D eigenvalue weighted by molar-refractivity contribution is 0.107.